The predicted octanol–water partition coefficient (Wildman–Crippen LogP) is 2.48. The van der Waals surface area contributed by atoms with E-state index in [1.165, 1.54) is 10.5 Å². The first-order valence-electron chi connectivity index (χ1n) is 11.0. The van der Waals surface area contributed by atoms with E-state index in [2.05, 4.69) is 17.1 Å². The third-order valence-corrected chi connectivity index (χ3v) is 5.97. The van der Waals surface area contributed by atoms with E-state index in [1.54, 1.807) is 4.68 Å². The van der Waals surface area contributed by atoms with E-state index in [1.807, 2.05) is 84.2 Å². The molecule has 1 aliphatic rings. The van der Waals surface area contributed by atoms with Gasteiger partial charge in [0.05, 0.1) is 37.4 Å². The van der Waals surface area contributed by atoms with Gasteiger partial charge in [-0.1, -0.05) is 48.5 Å². The van der Waals surface area contributed by atoms with Crippen molar-refractivity contribution in [2.75, 3.05) is 26.2 Å². The highest BCUT2D eigenvalue weighted by atomic mass is 16.2. The second kappa shape index (κ2) is 9.16. The Kier molecular flexibility index (Phi) is 5.77. The number of amides is 1. The summed E-state index contributed by atoms with van der Waals surface area (Å²) in [5.74, 6) is 0.0500. The molecule has 0 bridgehead atoms. The molecule has 2 aromatic heterocycles. The quantitative estimate of drug-likeness (QED) is 0.536. The Morgan fingerprint density at radius 1 is 0.875 bits per heavy atom. The van der Waals surface area contributed by atoms with E-state index in [0.717, 1.165) is 49.7 Å². The monoisotopic (exact) mass is 424 g/mol. The number of aromatic nitrogens is 3. The maximum atomic E-state index is 13.6. The van der Waals surface area contributed by atoms with Crippen molar-refractivity contribution >= 4 is 5.91 Å². The largest absolute Gasteiger partial charge is 0.328 e. The maximum absolute atomic E-state index is 13.6. The molecule has 4 aromatic rings. The highest BCUT2D eigenvalue weighted by molar-refractivity contribution is 6.00. The van der Waals surface area contributed by atoms with Gasteiger partial charge in [-0.05, 0) is 24.3 Å². The van der Waals surface area contributed by atoms with Gasteiger partial charge in [-0.15, -0.1) is 0 Å². The topological polar surface area (TPSA) is 55.5 Å². The van der Waals surface area contributed by atoms with E-state index < -0.39 is 0 Å². The molecule has 1 amide bonds. The van der Waals surface area contributed by atoms with Crippen LogP contribution < -0.4 is 4.90 Å². The summed E-state index contributed by atoms with van der Waals surface area (Å²) in [6.45, 7) is 4.31. The minimum Gasteiger partial charge on any atom is -0.328 e. The van der Waals surface area contributed by atoms with Crippen LogP contribution in [0, 0.1) is 0 Å². The second-order valence-electron chi connectivity index (χ2n) is 8.11. The predicted molar refractivity (Wildman–Crippen MR) is 124 cm³/mol. The molecule has 0 aliphatic carbocycles. The fourth-order valence-corrected chi connectivity index (χ4v) is 4.22. The minimum absolute atomic E-state index is 0.0500. The fourth-order valence-electron chi connectivity index (χ4n) is 4.22. The van der Waals surface area contributed by atoms with Gasteiger partial charge >= 0.3 is 0 Å². The Balaban J connectivity index is 1.37. The number of benzene rings is 2. The Labute approximate surface area is 187 Å². The zero-order valence-electron chi connectivity index (χ0n) is 17.9. The van der Waals surface area contributed by atoms with Crippen LogP contribution in [0.1, 0.15) is 15.9 Å². The van der Waals surface area contributed by atoms with Crippen molar-refractivity contribution in [3.05, 3.63) is 103 Å². The first-order chi connectivity index (χ1) is 15.8. The SMILES string of the molecule is O=C(c1cn(-c2ccccc2)nc1-c1ccccc1)N1CC[NH+](Cc2ccncc2)CC1. The van der Waals surface area contributed by atoms with Crippen molar-refractivity contribution in [3.8, 4) is 16.9 Å². The van der Waals surface area contributed by atoms with Crippen LogP contribution in [0.25, 0.3) is 16.9 Å². The summed E-state index contributed by atoms with van der Waals surface area (Å²) < 4.78 is 1.81. The van der Waals surface area contributed by atoms with Crippen molar-refractivity contribution in [1.82, 2.24) is 19.7 Å². The summed E-state index contributed by atoms with van der Waals surface area (Å²) in [5.41, 5.74) is 4.55. The molecule has 32 heavy (non-hydrogen) atoms. The third-order valence-electron chi connectivity index (χ3n) is 5.97. The van der Waals surface area contributed by atoms with E-state index in [4.69, 9.17) is 5.10 Å². The highest BCUT2D eigenvalue weighted by Crippen LogP contribution is 2.25. The number of nitrogens with zero attached hydrogens (tertiary/aromatic N) is 4. The van der Waals surface area contributed by atoms with Crippen LogP contribution in [0.15, 0.2) is 91.4 Å². The molecule has 1 aliphatic heterocycles. The molecule has 2 aromatic carbocycles. The number of nitrogens with one attached hydrogen (secondary N) is 1. The molecular formula is C26H26N5O+. The number of hydrogen-bond donors (Lipinski definition) is 1. The lowest BCUT2D eigenvalue weighted by atomic mass is 10.1. The summed E-state index contributed by atoms with van der Waals surface area (Å²) >= 11 is 0. The van der Waals surface area contributed by atoms with Crippen molar-refractivity contribution < 1.29 is 9.69 Å². The van der Waals surface area contributed by atoms with Crippen LogP contribution in [0.3, 0.4) is 0 Å². The standard InChI is InChI=1S/C26H25N5O/c32-26(30-17-15-29(16-18-30)19-21-11-13-27-14-12-21)24-20-31(23-9-5-2-6-10-23)28-25(24)22-7-3-1-4-8-22/h1-14,20H,15-19H2/p+1. The molecule has 1 N–H and O–H groups in total. The number of carbonyl (C=O) groups excluding carboxylic acids is 1. The lowest BCUT2D eigenvalue weighted by molar-refractivity contribution is -0.917. The van der Waals surface area contributed by atoms with Crippen LogP contribution in [0.5, 0.6) is 0 Å². The average molecular weight is 425 g/mol. The molecule has 0 atom stereocenters. The molecular weight excluding hydrogens is 398 g/mol. The van der Waals surface area contributed by atoms with Crippen molar-refractivity contribution in [2.24, 2.45) is 0 Å². The normalized spacial score (nSPS) is 14.4. The molecule has 1 saturated heterocycles. The van der Waals surface area contributed by atoms with Gasteiger partial charge in [0.2, 0.25) is 0 Å². The summed E-state index contributed by atoms with van der Waals surface area (Å²) in [5, 5.41) is 4.80. The van der Waals surface area contributed by atoms with Crippen LogP contribution in [0.2, 0.25) is 0 Å². The van der Waals surface area contributed by atoms with Gasteiger partial charge in [-0.3, -0.25) is 9.78 Å². The van der Waals surface area contributed by atoms with Gasteiger partial charge in [0.1, 0.15) is 12.2 Å². The van der Waals surface area contributed by atoms with Crippen LogP contribution in [0.4, 0.5) is 0 Å². The number of hydrogen-bond acceptors (Lipinski definition) is 3. The molecule has 3 heterocycles. The Morgan fingerprint density at radius 2 is 1.53 bits per heavy atom. The average Bonchev–Trinajstić information content (AvgIpc) is 3.31. The van der Waals surface area contributed by atoms with Gasteiger partial charge in [-0.2, -0.15) is 5.10 Å². The number of piperazine rings is 1. The van der Waals surface area contributed by atoms with Gasteiger partial charge in [0, 0.05) is 29.7 Å². The number of quaternary nitrogens is 1. The first kappa shape index (κ1) is 20.2. The van der Waals surface area contributed by atoms with Gasteiger partial charge in [-0.25, -0.2) is 4.68 Å². The third kappa shape index (κ3) is 4.31. The van der Waals surface area contributed by atoms with Crippen molar-refractivity contribution in [2.45, 2.75) is 6.54 Å². The first-order valence-corrected chi connectivity index (χ1v) is 11.0. The Bertz CT molecular complexity index is 1170. The van der Waals surface area contributed by atoms with Crippen LogP contribution in [-0.2, 0) is 6.54 Å². The number of carbonyl (C=O) groups is 1. The molecule has 6 heteroatoms. The van der Waals surface area contributed by atoms with Crippen molar-refractivity contribution in [3.63, 3.8) is 0 Å². The summed E-state index contributed by atoms with van der Waals surface area (Å²) in [6, 6.07) is 24.0. The number of para-hydroxylation sites is 1. The van der Waals surface area contributed by atoms with E-state index in [0.29, 0.717) is 5.56 Å². The summed E-state index contributed by atoms with van der Waals surface area (Å²) in [4.78, 5) is 21.1. The minimum atomic E-state index is 0.0500. The second-order valence-corrected chi connectivity index (χ2v) is 8.11. The summed E-state index contributed by atoms with van der Waals surface area (Å²) in [6.07, 6.45) is 5.55. The van der Waals surface area contributed by atoms with Gasteiger partial charge in [0.25, 0.3) is 5.91 Å². The Hall–Kier alpha value is -3.77. The Morgan fingerprint density at radius 3 is 2.22 bits per heavy atom. The van der Waals surface area contributed by atoms with Crippen molar-refractivity contribution in [1.29, 1.82) is 0 Å². The zero-order chi connectivity index (χ0) is 21.8. The lowest BCUT2D eigenvalue weighted by Crippen LogP contribution is -3.13. The lowest BCUT2D eigenvalue weighted by Gasteiger charge is -2.32. The molecule has 5 rings (SSSR count). The highest BCUT2D eigenvalue weighted by Gasteiger charge is 2.28. The number of pyridine rings is 1. The molecule has 0 unspecified atom stereocenters. The molecule has 0 saturated carbocycles. The molecule has 6 nitrogen and oxygen atoms in total. The van der Waals surface area contributed by atoms with E-state index >= 15 is 0 Å². The molecule has 160 valence electrons. The fraction of sp³-hybridized carbons (Fsp3) is 0.192. The number of rotatable bonds is 5. The molecule has 0 radical (unpaired) electrons. The van der Waals surface area contributed by atoms with E-state index in [9.17, 15) is 4.79 Å². The van der Waals surface area contributed by atoms with Gasteiger partial charge in [0.15, 0.2) is 0 Å². The smallest absolute Gasteiger partial charge is 0.258 e. The maximum Gasteiger partial charge on any atom is 0.258 e. The summed E-state index contributed by atoms with van der Waals surface area (Å²) in [7, 11) is 0. The van der Waals surface area contributed by atoms with Crippen LogP contribution in [-0.4, -0.2) is 51.8 Å². The zero-order valence-corrected chi connectivity index (χ0v) is 17.9. The van der Waals surface area contributed by atoms with Gasteiger partial charge < -0.3 is 9.80 Å². The van der Waals surface area contributed by atoms with E-state index in [-0.39, 0.29) is 5.91 Å². The molecule has 0 spiro atoms. The molecule has 1 fully saturated rings. The van der Waals surface area contributed by atoms with Crippen LogP contribution >= 0.6 is 0 Å².